The van der Waals surface area contributed by atoms with Gasteiger partial charge >= 0.3 is 0 Å². The Morgan fingerprint density at radius 3 is 3.08 bits per heavy atom. The Morgan fingerprint density at radius 1 is 1.54 bits per heavy atom. The first-order valence-corrected chi connectivity index (χ1v) is 5.59. The summed E-state index contributed by atoms with van der Waals surface area (Å²) in [6.45, 7) is 0. The summed E-state index contributed by atoms with van der Waals surface area (Å²) in [7, 11) is 0. The maximum Gasteiger partial charge on any atom is 0.260 e. The van der Waals surface area contributed by atoms with Crippen LogP contribution in [0, 0.1) is 0 Å². The van der Waals surface area contributed by atoms with E-state index in [1.54, 1.807) is 0 Å². The summed E-state index contributed by atoms with van der Waals surface area (Å²) in [5.74, 6) is 2.18. The van der Waals surface area contributed by atoms with E-state index in [0.29, 0.717) is 11.1 Å². The minimum absolute atomic E-state index is 0.246. The Labute approximate surface area is 81.3 Å². The predicted molar refractivity (Wildman–Crippen MR) is 52.5 cm³/mol. The molecular formula is C8H13N3OS. The van der Waals surface area contributed by atoms with Gasteiger partial charge in [0.1, 0.15) is 0 Å². The summed E-state index contributed by atoms with van der Waals surface area (Å²) in [5.41, 5.74) is 5.36. The normalized spacial score (nSPS) is 23.2. The van der Waals surface area contributed by atoms with Crippen molar-refractivity contribution in [1.82, 2.24) is 10.1 Å². The molecular weight excluding hydrogens is 186 g/mol. The number of hydrogen-bond acceptors (Lipinski definition) is 5. The third-order valence-corrected chi connectivity index (χ3v) is 3.56. The number of hydrogen-bond donors (Lipinski definition) is 1. The minimum Gasteiger partial charge on any atom is -0.365 e. The Bertz CT molecular complexity index is 270. The first kappa shape index (κ1) is 8.87. The average Bonchev–Trinajstić information content (AvgIpc) is 2.53. The molecule has 2 rings (SSSR count). The van der Waals surface area contributed by atoms with Crippen LogP contribution in [0.3, 0.4) is 0 Å². The number of nitrogens with zero attached hydrogens (tertiary/aromatic N) is 2. The fourth-order valence-electron chi connectivity index (χ4n) is 1.51. The lowest BCUT2D eigenvalue weighted by Gasteiger charge is -2.18. The van der Waals surface area contributed by atoms with E-state index < -0.39 is 0 Å². The SMILES string of the molecule is Nc1noc(CC2CCCCS2)n1. The molecule has 2 N–H and O–H groups in total. The lowest BCUT2D eigenvalue weighted by atomic mass is 10.1. The van der Waals surface area contributed by atoms with Crippen molar-refractivity contribution >= 4 is 17.7 Å². The molecule has 0 aliphatic carbocycles. The van der Waals surface area contributed by atoms with Gasteiger partial charge in [-0.2, -0.15) is 16.7 Å². The van der Waals surface area contributed by atoms with Gasteiger partial charge in [0.25, 0.3) is 5.95 Å². The summed E-state index contributed by atoms with van der Waals surface area (Å²) in [6, 6.07) is 0. The molecule has 4 nitrogen and oxygen atoms in total. The van der Waals surface area contributed by atoms with Crippen molar-refractivity contribution in [2.75, 3.05) is 11.5 Å². The summed E-state index contributed by atoms with van der Waals surface area (Å²) in [4.78, 5) is 3.99. The van der Waals surface area contributed by atoms with Gasteiger partial charge in [0.05, 0.1) is 0 Å². The van der Waals surface area contributed by atoms with E-state index >= 15 is 0 Å². The van der Waals surface area contributed by atoms with Crippen molar-refractivity contribution in [3.8, 4) is 0 Å². The second-order valence-electron chi connectivity index (χ2n) is 3.24. The van der Waals surface area contributed by atoms with E-state index in [4.69, 9.17) is 10.3 Å². The number of anilines is 1. The standard InChI is InChI=1S/C8H13N3OS/c9-8-10-7(12-11-8)5-6-3-1-2-4-13-6/h6H,1-5H2,(H2,9,11). The van der Waals surface area contributed by atoms with Crippen LogP contribution in [0.4, 0.5) is 5.95 Å². The van der Waals surface area contributed by atoms with E-state index in [1.807, 2.05) is 11.8 Å². The fraction of sp³-hybridized carbons (Fsp3) is 0.750. The highest BCUT2D eigenvalue weighted by atomic mass is 32.2. The molecule has 0 radical (unpaired) electrons. The maximum absolute atomic E-state index is 5.36. The van der Waals surface area contributed by atoms with Crippen LogP contribution in [0.2, 0.25) is 0 Å². The number of nitrogens with two attached hydrogens (primary N) is 1. The molecule has 0 aromatic carbocycles. The zero-order chi connectivity index (χ0) is 9.10. The topological polar surface area (TPSA) is 64.9 Å². The Balaban J connectivity index is 1.89. The zero-order valence-electron chi connectivity index (χ0n) is 7.40. The fourth-order valence-corrected chi connectivity index (χ4v) is 2.81. The molecule has 1 aliphatic heterocycles. The third kappa shape index (κ3) is 2.37. The van der Waals surface area contributed by atoms with Crippen molar-refractivity contribution in [2.45, 2.75) is 30.9 Å². The number of aromatic nitrogens is 2. The molecule has 5 heteroatoms. The molecule has 13 heavy (non-hydrogen) atoms. The smallest absolute Gasteiger partial charge is 0.260 e. The van der Waals surface area contributed by atoms with Gasteiger partial charge in [0, 0.05) is 11.7 Å². The van der Waals surface area contributed by atoms with E-state index in [2.05, 4.69) is 10.1 Å². The van der Waals surface area contributed by atoms with Crippen molar-refractivity contribution in [1.29, 1.82) is 0 Å². The van der Waals surface area contributed by atoms with Crippen LogP contribution in [0.5, 0.6) is 0 Å². The van der Waals surface area contributed by atoms with E-state index in [0.717, 1.165) is 6.42 Å². The lowest BCUT2D eigenvalue weighted by molar-refractivity contribution is 0.375. The van der Waals surface area contributed by atoms with Crippen LogP contribution in [0.15, 0.2) is 4.52 Å². The third-order valence-electron chi connectivity index (χ3n) is 2.16. The summed E-state index contributed by atoms with van der Waals surface area (Å²) in [6.07, 6.45) is 4.79. The van der Waals surface area contributed by atoms with Crippen molar-refractivity contribution in [2.24, 2.45) is 0 Å². The quantitative estimate of drug-likeness (QED) is 0.781. The molecule has 1 saturated heterocycles. The molecule has 0 spiro atoms. The second-order valence-corrected chi connectivity index (χ2v) is 4.65. The van der Waals surface area contributed by atoms with Gasteiger partial charge in [0.2, 0.25) is 5.89 Å². The Morgan fingerprint density at radius 2 is 2.46 bits per heavy atom. The van der Waals surface area contributed by atoms with Gasteiger partial charge in [-0.25, -0.2) is 0 Å². The van der Waals surface area contributed by atoms with Gasteiger partial charge in [-0.15, -0.1) is 0 Å². The van der Waals surface area contributed by atoms with Crippen molar-refractivity contribution in [3.63, 3.8) is 0 Å². The number of nitrogen functional groups attached to an aromatic ring is 1. The van der Waals surface area contributed by atoms with Crippen LogP contribution in [-0.2, 0) is 6.42 Å². The van der Waals surface area contributed by atoms with E-state index in [9.17, 15) is 0 Å². The molecule has 72 valence electrons. The molecule has 1 aromatic heterocycles. The van der Waals surface area contributed by atoms with Gasteiger partial charge in [-0.3, -0.25) is 0 Å². The molecule has 2 heterocycles. The highest BCUT2D eigenvalue weighted by Gasteiger charge is 2.17. The summed E-state index contributed by atoms with van der Waals surface area (Å²) >= 11 is 2.00. The molecule has 1 unspecified atom stereocenters. The molecule has 1 atom stereocenters. The molecule has 1 aliphatic rings. The van der Waals surface area contributed by atoms with Crippen LogP contribution >= 0.6 is 11.8 Å². The van der Waals surface area contributed by atoms with Crippen molar-refractivity contribution in [3.05, 3.63) is 5.89 Å². The molecule has 1 aromatic rings. The lowest BCUT2D eigenvalue weighted by Crippen LogP contribution is -2.12. The number of rotatable bonds is 2. The average molecular weight is 199 g/mol. The Kier molecular flexibility index (Phi) is 2.73. The molecule has 1 fully saturated rings. The monoisotopic (exact) mass is 199 g/mol. The second kappa shape index (κ2) is 4.00. The van der Waals surface area contributed by atoms with E-state index in [-0.39, 0.29) is 5.95 Å². The molecule has 0 amide bonds. The van der Waals surface area contributed by atoms with Gasteiger partial charge < -0.3 is 10.3 Å². The zero-order valence-corrected chi connectivity index (χ0v) is 8.22. The van der Waals surface area contributed by atoms with Crippen molar-refractivity contribution < 1.29 is 4.52 Å². The van der Waals surface area contributed by atoms with Crippen LogP contribution in [-0.4, -0.2) is 21.1 Å². The predicted octanol–water partition coefficient (Wildman–Crippen LogP) is 1.48. The summed E-state index contributed by atoms with van der Waals surface area (Å²) in [5, 5.41) is 4.21. The highest BCUT2D eigenvalue weighted by Crippen LogP contribution is 2.27. The van der Waals surface area contributed by atoms with E-state index in [1.165, 1.54) is 25.0 Å². The Hall–Kier alpha value is -0.710. The van der Waals surface area contributed by atoms with Crippen LogP contribution in [0.1, 0.15) is 25.2 Å². The summed E-state index contributed by atoms with van der Waals surface area (Å²) < 4.78 is 4.97. The van der Waals surface area contributed by atoms with Gasteiger partial charge in [-0.05, 0) is 23.8 Å². The first-order valence-electron chi connectivity index (χ1n) is 4.54. The van der Waals surface area contributed by atoms with Crippen LogP contribution < -0.4 is 5.73 Å². The largest absolute Gasteiger partial charge is 0.365 e. The van der Waals surface area contributed by atoms with Gasteiger partial charge in [0.15, 0.2) is 0 Å². The van der Waals surface area contributed by atoms with Gasteiger partial charge in [-0.1, -0.05) is 6.42 Å². The number of thioether (sulfide) groups is 1. The highest BCUT2D eigenvalue weighted by molar-refractivity contribution is 7.99. The molecule has 0 saturated carbocycles. The molecule has 0 bridgehead atoms. The first-order chi connectivity index (χ1) is 6.34. The van der Waals surface area contributed by atoms with Crippen LogP contribution in [0.25, 0.3) is 0 Å². The minimum atomic E-state index is 0.246. The maximum atomic E-state index is 5.36.